The van der Waals surface area contributed by atoms with Crippen LogP contribution in [0.5, 0.6) is 0 Å². The summed E-state index contributed by atoms with van der Waals surface area (Å²) in [4.78, 5) is 0. The fraction of sp³-hybridized carbons (Fsp3) is 1.00. The van der Waals surface area contributed by atoms with Gasteiger partial charge in [0.2, 0.25) is 0 Å². The van der Waals surface area contributed by atoms with Crippen LogP contribution in [0, 0.1) is 5.41 Å². The number of rotatable bonds is 1. The fourth-order valence-electron chi connectivity index (χ4n) is 2.62. The van der Waals surface area contributed by atoms with Crippen LogP contribution < -0.4 is 0 Å². The summed E-state index contributed by atoms with van der Waals surface area (Å²) in [5, 5.41) is 0. The maximum atomic E-state index is 14.2. The molecule has 0 N–H and O–H groups in total. The van der Waals surface area contributed by atoms with E-state index in [9.17, 15) is 61.5 Å². The summed E-state index contributed by atoms with van der Waals surface area (Å²) >= 11 is 0. The van der Waals surface area contributed by atoms with Gasteiger partial charge in [-0.25, -0.2) is 0 Å². The van der Waals surface area contributed by atoms with Crippen molar-refractivity contribution in [3.05, 3.63) is 0 Å². The zero-order chi connectivity index (χ0) is 24.0. The van der Waals surface area contributed by atoms with Gasteiger partial charge in [0.25, 0.3) is 5.79 Å². The summed E-state index contributed by atoms with van der Waals surface area (Å²) in [5.41, 5.74) is -7.02. The van der Waals surface area contributed by atoms with Crippen LogP contribution in [0.2, 0.25) is 0 Å². The minimum atomic E-state index is -7.06. The van der Waals surface area contributed by atoms with Gasteiger partial charge in [0.05, 0.1) is 0 Å². The van der Waals surface area contributed by atoms with Gasteiger partial charge in [-0.2, -0.15) is 61.5 Å². The Balaban J connectivity index is 2.82. The molecule has 0 aromatic carbocycles. The molecule has 0 aliphatic carbocycles. The zero-order valence-corrected chi connectivity index (χ0v) is 13.8. The van der Waals surface area contributed by atoms with Crippen LogP contribution >= 0.6 is 0 Å². The standard InChI is InChI=1S/C11H6F14O5/c1-3(5(12,13)14)27-7(18,19)4(8(20,21)28-3)9(22,23)29-11(26-2,6(15,16)17)30-10(4,24)25/h1-2H3. The van der Waals surface area contributed by atoms with Crippen molar-refractivity contribution < 1.29 is 85.2 Å². The van der Waals surface area contributed by atoms with E-state index in [2.05, 4.69) is 23.7 Å². The smallest absolute Gasteiger partial charge is 0.323 e. The molecule has 5 nitrogen and oxygen atoms in total. The minimum Gasteiger partial charge on any atom is -0.323 e. The monoisotopic (exact) mass is 484 g/mol. The van der Waals surface area contributed by atoms with Crippen molar-refractivity contribution in [3.8, 4) is 0 Å². The molecule has 2 aliphatic heterocycles. The number of hydrogen-bond donors (Lipinski definition) is 0. The van der Waals surface area contributed by atoms with Crippen molar-refractivity contribution in [3.63, 3.8) is 0 Å². The van der Waals surface area contributed by atoms with E-state index in [1.807, 2.05) is 0 Å². The first-order chi connectivity index (χ1) is 12.9. The van der Waals surface area contributed by atoms with Crippen LogP contribution in [0.25, 0.3) is 0 Å². The number of ether oxygens (including phenoxy) is 5. The molecule has 0 atom stereocenters. The SMILES string of the molecule is COC1(C(F)(F)F)OC(F)(F)C2(C(F)(F)OC(C)(C(F)(F)F)OC2(F)F)C(F)(F)O1. The Morgan fingerprint density at radius 3 is 1.10 bits per heavy atom. The highest BCUT2D eigenvalue weighted by Gasteiger charge is 3.01. The topological polar surface area (TPSA) is 46.2 Å². The molecular weight excluding hydrogens is 478 g/mol. The van der Waals surface area contributed by atoms with Gasteiger partial charge in [0.1, 0.15) is 0 Å². The Morgan fingerprint density at radius 1 is 0.567 bits per heavy atom. The molecule has 0 aromatic rings. The normalized spacial score (nSPS) is 40.4. The van der Waals surface area contributed by atoms with Gasteiger partial charge in [0.15, 0.2) is 0 Å². The number of alkyl halides is 14. The Labute approximate surface area is 154 Å². The Kier molecular flexibility index (Phi) is 5.00. The van der Waals surface area contributed by atoms with Crippen LogP contribution in [-0.4, -0.2) is 55.7 Å². The van der Waals surface area contributed by atoms with E-state index < -0.39 is 60.9 Å². The van der Waals surface area contributed by atoms with Crippen LogP contribution in [0.1, 0.15) is 6.92 Å². The Hall–Kier alpha value is -1.18. The molecule has 30 heavy (non-hydrogen) atoms. The summed E-state index contributed by atoms with van der Waals surface area (Å²) in [7, 11) is -0.261. The lowest BCUT2D eigenvalue weighted by Crippen LogP contribution is -2.85. The molecule has 0 amide bonds. The van der Waals surface area contributed by atoms with Gasteiger partial charge in [-0.1, -0.05) is 0 Å². The third kappa shape index (κ3) is 2.81. The molecule has 2 saturated heterocycles. The maximum Gasteiger partial charge on any atom is 0.473 e. The quantitative estimate of drug-likeness (QED) is 0.511. The van der Waals surface area contributed by atoms with E-state index in [-0.39, 0.29) is 7.11 Å². The fourth-order valence-corrected chi connectivity index (χ4v) is 2.62. The predicted octanol–water partition coefficient (Wildman–Crippen LogP) is 4.58. The third-order valence-electron chi connectivity index (χ3n) is 4.05. The van der Waals surface area contributed by atoms with Crippen molar-refractivity contribution in [2.75, 3.05) is 7.11 Å². The minimum absolute atomic E-state index is 0.261. The van der Waals surface area contributed by atoms with E-state index in [0.29, 0.717) is 0 Å². The average molecular weight is 484 g/mol. The molecule has 19 heteroatoms. The molecular formula is C11H6F14O5. The zero-order valence-electron chi connectivity index (χ0n) is 13.8. The molecule has 1 spiro atoms. The summed E-state index contributed by atoms with van der Waals surface area (Å²) in [6, 6.07) is 0. The van der Waals surface area contributed by atoms with Gasteiger partial charge in [-0.15, -0.1) is 0 Å². The van der Waals surface area contributed by atoms with E-state index in [4.69, 9.17) is 0 Å². The molecule has 178 valence electrons. The van der Waals surface area contributed by atoms with Crippen molar-refractivity contribution in [2.45, 2.75) is 55.5 Å². The van der Waals surface area contributed by atoms with Crippen molar-refractivity contribution >= 4 is 0 Å². The maximum absolute atomic E-state index is 14.2. The summed E-state index contributed by atoms with van der Waals surface area (Å²) in [6.07, 6.45) is -41.0. The highest BCUT2D eigenvalue weighted by atomic mass is 19.4. The summed E-state index contributed by atoms with van der Waals surface area (Å²) < 4.78 is 204. The van der Waals surface area contributed by atoms with Gasteiger partial charge in [-0.05, 0) is 6.92 Å². The van der Waals surface area contributed by atoms with Gasteiger partial charge >= 0.3 is 48.2 Å². The predicted molar refractivity (Wildman–Crippen MR) is 56.8 cm³/mol. The number of halogens is 14. The molecule has 0 bridgehead atoms. The molecule has 2 rings (SSSR count). The second-order valence-electron chi connectivity index (χ2n) is 5.93. The summed E-state index contributed by atoms with van der Waals surface area (Å²) in [5.74, 6) is -10.8. The molecule has 2 fully saturated rings. The van der Waals surface area contributed by atoms with Gasteiger partial charge < -0.3 is 4.74 Å². The van der Waals surface area contributed by atoms with Gasteiger partial charge in [-0.3, -0.25) is 18.9 Å². The average Bonchev–Trinajstić information content (AvgIpc) is 2.38. The van der Waals surface area contributed by atoms with Crippen molar-refractivity contribution in [1.82, 2.24) is 0 Å². The van der Waals surface area contributed by atoms with Crippen LogP contribution in [-0.2, 0) is 23.7 Å². The molecule has 0 saturated carbocycles. The molecule has 0 unspecified atom stereocenters. The Morgan fingerprint density at radius 2 is 0.867 bits per heavy atom. The molecule has 2 heterocycles. The lowest BCUT2D eigenvalue weighted by atomic mass is 9.79. The van der Waals surface area contributed by atoms with Crippen LogP contribution in [0.15, 0.2) is 0 Å². The number of hydrogen-bond acceptors (Lipinski definition) is 5. The highest BCUT2D eigenvalue weighted by Crippen LogP contribution is 2.73. The summed E-state index contributed by atoms with van der Waals surface area (Å²) in [6.45, 7) is -0.711. The van der Waals surface area contributed by atoms with E-state index >= 15 is 0 Å². The van der Waals surface area contributed by atoms with E-state index in [1.54, 1.807) is 0 Å². The van der Waals surface area contributed by atoms with Gasteiger partial charge in [0, 0.05) is 7.11 Å². The molecule has 2 aliphatic rings. The second kappa shape index (κ2) is 5.99. The lowest BCUT2D eigenvalue weighted by Gasteiger charge is -2.59. The van der Waals surface area contributed by atoms with Crippen molar-refractivity contribution in [1.29, 1.82) is 0 Å². The third-order valence-corrected chi connectivity index (χ3v) is 4.05. The lowest BCUT2D eigenvalue weighted by molar-refractivity contribution is -0.704. The number of methoxy groups -OCH3 is 1. The highest BCUT2D eigenvalue weighted by molar-refractivity contribution is 5.12. The molecule has 0 aromatic heterocycles. The first kappa shape index (κ1) is 25.1. The largest absolute Gasteiger partial charge is 0.473 e. The van der Waals surface area contributed by atoms with E-state index in [0.717, 1.165) is 0 Å². The van der Waals surface area contributed by atoms with Crippen LogP contribution in [0.4, 0.5) is 61.5 Å². The van der Waals surface area contributed by atoms with Crippen LogP contribution in [0.3, 0.4) is 0 Å². The molecule has 0 radical (unpaired) electrons. The first-order valence-corrected chi connectivity index (χ1v) is 6.89. The van der Waals surface area contributed by atoms with E-state index in [1.165, 1.54) is 0 Å². The van der Waals surface area contributed by atoms with Crippen molar-refractivity contribution in [2.24, 2.45) is 5.41 Å². The first-order valence-electron chi connectivity index (χ1n) is 6.89. The Bertz CT molecular complexity index is 659. The second-order valence-corrected chi connectivity index (χ2v) is 5.93.